The Morgan fingerprint density at radius 2 is 2.00 bits per heavy atom. The van der Waals surface area contributed by atoms with E-state index in [1.807, 2.05) is 6.92 Å². The molecule has 92 valence electrons. The van der Waals surface area contributed by atoms with Crippen molar-refractivity contribution < 1.29 is 9.72 Å². The molecule has 0 N–H and O–H groups in total. The van der Waals surface area contributed by atoms with Gasteiger partial charge in [0, 0.05) is 36.1 Å². The van der Waals surface area contributed by atoms with Gasteiger partial charge in [0.25, 0.3) is 11.6 Å². The van der Waals surface area contributed by atoms with Crippen molar-refractivity contribution in [3.63, 3.8) is 0 Å². The predicted molar refractivity (Wildman–Crippen MR) is 68.5 cm³/mol. The zero-order valence-electron chi connectivity index (χ0n) is 9.43. The Bertz CT molecular complexity index is 406. The fraction of sp³-hybridized carbons (Fsp3) is 0.364. The highest BCUT2D eigenvalue weighted by Gasteiger charge is 2.14. The van der Waals surface area contributed by atoms with Crippen LogP contribution < -0.4 is 0 Å². The van der Waals surface area contributed by atoms with Crippen molar-refractivity contribution in [1.82, 2.24) is 4.90 Å². The largest absolute Gasteiger partial charge is 0.338 e. The van der Waals surface area contributed by atoms with Crippen LogP contribution in [0.5, 0.6) is 0 Å². The molecular formula is C11H13BrN2O3. The molecule has 1 rings (SSSR count). The number of rotatable bonds is 5. The molecule has 0 unspecified atom stereocenters. The van der Waals surface area contributed by atoms with Crippen LogP contribution in [0.3, 0.4) is 0 Å². The Labute approximate surface area is 108 Å². The van der Waals surface area contributed by atoms with Crippen molar-refractivity contribution in [2.45, 2.75) is 6.92 Å². The van der Waals surface area contributed by atoms with Crippen molar-refractivity contribution in [1.29, 1.82) is 0 Å². The third kappa shape index (κ3) is 3.52. The van der Waals surface area contributed by atoms with Gasteiger partial charge in [-0.15, -0.1) is 0 Å². The molecule has 1 aromatic rings. The maximum Gasteiger partial charge on any atom is 0.269 e. The number of nitro groups is 1. The number of carbonyl (C=O) groups excluding carboxylic acids is 1. The Balaban J connectivity index is 2.85. The van der Waals surface area contributed by atoms with Gasteiger partial charge >= 0.3 is 0 Å². The molecule has 1 amide bonds. The minimum atomic E-state index is -0.482. The summed E-state index contributed by atoms with van der Waals surface area (Å²) in [4.78, 5) is 23.7. The Kier molecular flexibility index (Phi) is 5.09. The molecule has 0 fully saturated rings. The minimum absolute atomic E-state index is 0.00918. The van der Waals surface area contributed by atoms with Crippen LogP contribution in [0.1, 0.15) is 17.3 Å². The Morgan fingerprint density at radius 1 is 1.41 bits per heavy atom. The summed E-state index contributed by atoms with van der Waals surface area (Å²) in [6.07, 6.45) is 0. The number of benzene rings is 1. The van der Waals surface area contributed by atoms with Crippen LogP contribution in [0.4, 0.5) is 5.69 Å². The predicted octanol–water partition coefficient (Wildman–Crippen LogP) is 2.45. The Morgan fingerprint density at radius 3 is 2.41 bits per heavy atom. The highest BCUT2D eigenvalue weighted by Crippen LogP contribution is 2.13. The molecule has 0 aromatic heterocycles. The standard InChI is InChI=1S/C11H13BrN2O3/c1-2-13(8-7-12)11(15)9-3-5-10(6-4-9)14(16)17/h3-6H,2,7-8H2,1H3. The molecule has 5 nitrogen and oxygen atoms in total. The van der Waals surface area contributed by atoms with Gasteiger partial charge in [-0.1, -0.05) is 15.9 Å². The number of hydrogen-bond acceptors (Lipinski definition) is 3. The maximum absolute atomic E-state index is 12.0. The van der Waals surface area contributed by atoms with Gasteiger partial charge in [-0.3, -0.25) is 14.9 Å². The summed E-state index contributed by atoms with van der Waals surface area (Å²) in [6.45, 7) is 3.12. The van der Waals surface area contributed by atoms with Gasteiger partial charge in [-0.25, -0.2) is 0 Å². The van der Waals surface area contributed by atoms with E-state index in [9.17, 15) is 14.9 Å². The lowest BCUT2D eigenvalue weighted by atomic mass is 10.2. The monoisotopic (exact) mass is 300 g/mol. The quantitative estimate of drug-likeness (QED) is 0.477. The zero-order valence-corrected chi connectivity index (χ0v) is 11.0. The molecule has 0 atom stereocenters. The van der Waals surface area contributed by atoms with Crippen molar-refractivity contribution in [2.75, 3.05) is 18.4 Å². The van der Waals surface area contributed by atoms with Gasteiger partial charge < -0.3 is 4.90 Å². The van der Waals surface area contributed by atoms with E-state index in [1.54, 1.807) is 4.90 Å². The van der Waals surface area contributed by atoms with Gasteiger partial charge in [0.1, 0.15) is 0 Å². The minimum Gasteiger partial charge on any atom is -0.338 e. The fourth-order valence-electron chi connectivity index (χ4n) is 1.41. The van der Waals surface area contributed by atoms with Gasteiger partial charge in [0.2, 0.25) is 0 Å². The van der Waals surface area contributed by atoms with Gasteiger partial charge in [0.15, 0.2) is 0 Å². The average molecular weight is 301 g/mol. The smallest absolute Gasteiger partial charge is 0.269 e. The molecule has 6 heteroatoms. The molecule has 0 bridgehead atoms. The molecule has 0 saturated heterocycles. The maximum atomic E-state index is 12.0. The first-order chi connectivity index (χ1) is 8.10. The van der Waals surface area contributed by atoms with Crippen LogP contribution in [0.25, 0.3) is 0 Å². The molecule has 0 aliphatic rings. The molecule has 0 radical (unpaired) electrons. The second kappa shape index (κ2) is 6.34. The second-order valence-electron chi connectivity index (χ2n) is 3.38. The van der Waals surface area contributed by atoms with Crippen LogP contribution in [-0.2, 0) is 0 Å². The number of hydrogen-bond donors (Lipinski definition) is 0. The number of alkyl halides is 1. The van der Waals surface area contributed by atoms with E-state index >= 15 is 0 Å². The third-order valence-corrected chi connectivity index (χ3v) is 2.70. The SMILES string of the molecule is CCN(CCBr)C(=O)c1ccc([N+](=O)[O-])cc1. The third-order valence-electron chi connectivity index (χ3n) is 2.35. The number of halogens is 1. The first-order valence-corrected chi connectivity index (χ1v) is 6.32. The van der Waals surface area contributed by atoms with Crippen molar-refractivity contribution >= 4 is 27.5 Å². The zero-order chi connectivity index (χ0) is 12.8. The van der Waals surface area contributed by atoms with Crippen LogP contribution >= 0.6 is 15.9 Å². The number of nitro benzene ring substituents is 1. The average Bonchev–Trinajstić information content (AvgIpc) is 2.35. The van der Waals surface area contributed by atoms with E-state index in [4.69, 9.17) is 0 Å². The van der Waals surface area contributed by atoms with Crippen LogP contribution in [0.15, 0.2) is 24.3 Å². The number of amides is 1. The molecule has 0 aliphatic heterocycles. The summed E-state index contributed by atoms with van der Waals surface area (Å²) in [5, 5.41) is 11.2. The number of non-ortho nitro benzene ring substituents is 1. The normalized spacial score (nSPS) is 10.0. The van der Waals surface area contributed by atoms with Gasteiger partial charge in [-0.05, 0) is 19.1 Å². The van der Waals surface area contributed by atoms with E-state index in [0.717, 1.165) is 0 Å². The Hall–Kier alpha value is -1.43. The lowest BCUT2D eigenvalue weighted by Crippen LogP contribution is -2.32. The summed E-state index contributed by atoms with van der Waals surface area (Å²) in [7, 11) is 0. The second-order valence-corrected chi connectivity index (χ2v) is 4.17. The lowest BCUT2D eigenvalue weighted by Gasteiger charge is -2.19. The molecule has 0 saturated carbocycles. The number of nitrogens with zero attached hydrogens (tertiary/aromatic N) is 2. The molecule has 0 spiro atoms. The van der Waals surface area contributed by atoms with Crippen molar-refractivity contribution in [3.8, 4) is 0 Å². The van der Waals surface area contributed by atoms with Gasteiger partial charge in [0.05, 0.1) is 4.92 Å². The fourth-order valence-corrected chi connectivity index (χ4v) is 1.84. The van der Waals surface area contributed by atoms with E-state index in [2.05, 4.69) is 15.9 Å². The first-order valence-electron chi connectivity index (χ1n) is 5.19. The van der Waals surface area contributed by atoms with E-state index in [1.165, 1.54) is 24.3 Å². The first kappa shape index (κ1) is 13.6. The lowest BCUT2D eigenvalue weighted by molar-refractivity contribution is -0.384. The van der Waals surface area contributed by atoms with Crippen molar-refractivity contribution in [2.24, 2.45) is 0 Å². The summed E-state index contributed by atoms with van der Waals surface area (Å²) in [5.74, 6) is -0.109. The molecule has 0 heterocycles. The topological polar surface area (TPSA) is 63.5 Å². The van der Waals surface area contributed by atoms with E-state index in [-0.39, 0.29) is 11.6 Å². The van der Waals surface area contributed by atoms with Gasteiger partial charge in [-0.2, -0.15) is 0 Å². The van der Waals surface area contributed by atoms with E-state index < -0.39 is 4.92 Å². The molecule has 0 aliphatic carbocycles. The van der Waals surface area contributed by atoms with Crippen LogP contribution in [0, 0.1) is 10.1 Å². The summed E-state index contributed by atoms with van der Waals surface area (Å²) in [6, 6.07) is 5.65. The van der Waals surface area contributed by atoms with E-state index in [0.29, 0.717) is 24.0 Å². The highest BCUT2D eigenvalue weighted by molar-refractivity contribution is 9.09. The molecule has 17 heavy (non-hydrogen) atoms. The molecule has 1 aromatic carbocycles. The summed E-state index contributed by atoms with van der Waals surface area (Å²) in [5.41, 5.74) is 0.462. The number of carbonyl (C=O) groups is 1. The summed E-state index contributed by atoms with van der Waals surface area (Å²) >= 11 is 3.28. The molecular weight excluding hydrogens is 288 g/mol. The van der Waals surface area contributed by atoms with Crippen LogP contribution in [0.2, 0.25) is 0 Å². The van der Waals surface area contributed by atoms with Crippen LogP contribution in [-0.4, -0.2) is 34.2 Å². The van der Waals surface area contributed by atoms with Crippen molar-refractivity contribution in [3.05, 3.63) is 39.9 Å². The highest BCUT2D eigenvalue weighted by atomic mass is 79.9. The summed E-state index contributed by atoms with van der Waals surface area (Å²) < 4.78 is 0.